The Morgan fingerprint density at radius 1 is 1.55 bits per heavy atom. The van der Waals surface area contributed by atoms with Gasteiger partial charge in [0.05, 0.1) is 13.1 Å². The van der Waals surface area contributed by atoms with Crippen molar-refractivity contribution in [2.45, 2.75) is 19.5 Å². The first-order valence-electron chi connectivity index (χ1n) is 5.89. The lowest BCUT2D eigenvalue weighted by atomic mass is 10.3. The van der Waals surface area contributed by atoms with Crippen LogP contribution in [-0.4, -0.2) is 28.8 Å². The number of thiophene rings is 1. The van der Waals surface area contributed by atoms with Crippen LogP contribution in [0.25, 0.3) is 0 Å². The van der Waals surface area contributed by atoms with E-state index in [0.29, 0.717) is 6.54 Å². The van der Waals surface area contributed by atoms with Crippen LogP contribution in [-0.2, 0) is 13.1 Å². The molecule has 2 aromatic heterocycles. The van der Waals surface area contributed by atoms with Crippen LogP contribution in [0, 0.1) is 0 Å². The maximum atomic E-state index is 12.4. The summed E-state index contributed by atoms with van der Waals surface area (Å²) in [5, 5.41) is 1.94. The molecule has 1 amide bonds. The largest absolute Gasteiger partial charge is 0.338 e. The number of carbonyl (C=O) groups excluding carboxylic acids is 1. The molecule has 0 fully saturated rings. The molecular formula is C13H13BrF2N2OS. The second kappa shape index (κ2) is 6.49. The Bertz CT molecular complexity index is 597. The third kappa shape index (κ3) is 3.67. The van der Waals surface area contributed by atoms with Crippen LogP contribution in [0.5, 0.6) is 0 Å². The van der Waals surface area contributed by atoms with Crippen molar-refractivity contribution in [3.05, 3.63) is 44.8 Å². The summed E-state index contributed by atoms with van der Waals surface area (Å²) in [7, 11) is 1.66. The number of halogens is 3. The lowest BCUT2D eigenvalue weighted by Crippen LogP contribution is -2.28. The van der Waals surface area contributed by atoms with Gasteiger partial charge in [-0.3, -0.25) is 4.79 Å². The quantitative estimate of drug-likeness (QED) is 0.792. The van der Waals surface area contributed by atoms with Gasteiger partial charge < -0.3 is 9.47 Å². The molecule has 0 N–H and O–H groups in total. The van der Waals surface area contributed by atoms with Crippen molar-refractivity contribution in [3.63, 3.8) is 0 Å². The molecule has 0 saturated heterocycles. The van der Waals surface area contributed by atoms with E-state index in [4.69, 9.17) is 0 Å². The second-order valence-corrected chi connectivity index (χ2v) is 6.24. The minimum atomic E-state index is -2.48. The molecule has 0 aliphatic carbocycles. The zero-order chi connectivity index (χ0) is 14.7. The highest BCUT2D eigenvalue weighted by Gasteiger charge is 2.18. The fourth-order valence-corrected chi connectivity index (χ4v) is 3.36. The molecule has 2 heterocycles. The molecule has 2 rings (SSSR count). The Kier molecular flexibility index (Phi) is 4.93. The Labute approximate surface area is 127 Å². The van der Waals surface area contributed by atoms with E-state index < -0.39 is 13.0 Å². The summed E-state index contributed by atoms with van der Waals surface area (Å²) in [4.78, 5) is 14.8. The number of aromatic nitrogens is 1. The van der Waals surface area contributed by atoms with Gasteiger partial charge in [-0.2, -0.15) is 0 Å². The van der Waals surface area contributed by atoms with E-state index in [-0.39, 0.29) is 11.6 Å². The maximum absolute atomic E-state index is 12.4. The van der Waals surface area contributed by atoms with Crippen LogP contribution < -0.4 is 0 Å². The predicted molar refractivity (Wildman–Crippen MR) is 78.3 cm³/mol. The smallest absolute Gasteiger partial charge is 0.270 e. The van der Waals surface area contributed by atoms with Crippen LogP contribution in [0.15, 0.2) is 34.2 Å². The summed E-state index contributed by atoms with van der Waals surface area (Å²) in [5.74, 6) is -0.264. The van der Waals surface area contributed by atoms with Gasteiger partial charge in [-0.05, 0) is 34.1 Å². The third-order valence-electron chi connectivity index (χ3n) is 2.74. The van der Waals surface area contributed by atoms with Crippen molar-refractivity contribution in [3.8, 4) is 0 Å². The molecule has 2 aromatic rings. The lowest BCUT2D eigenvalue weighted by molar-refractivity contribution is 0.0765. The first-order valence-corrected chi connectivity index (χ1v) is 7.56. The Hall–Kier alpha value is -1.21. The number of carbonyl (C=O) groups is 1. The Balaban J connectivity index is 2.08. The predicted octanol–water partition coefficient (Wildman–Crippen LogP) is 3.85. The highest BCUT2D eigenvalue weighted by molar-refractivity contribution is 9.10. The SMILES string of the molecule is CN(Cc1cc(Br)cs1)C(=O)c1cccn1CC(F)F. The molecule has 0 aromatic carbocycles. The highest BCUT2D eigenvalue weighted by Crippen LogP contribution is 2.21. The number of hydrogen-bond acceptors (Lipinski definition) is 2. The van der Waals surface area contributed by atoms with Crippen LogP contribution in [0.4, 0.5) is 8.78 Å². The summed E-state index contributed by atoms with van der Waals surface area (Å²) in [5.41, 5.74) is 0.281. The van der Waals surface area contributed by atoms with Crippen molar-refractivity contribution in [1.29, 1.82) is 0 Å². The van der Waals surface area contributed by atoms with Gasteiger partial charge in [-0.25, -0.2) is 8.78 Å². The molecule has 0 atom stereocenters. The van der Waals surface area contributed by atoms with E-state index in [1.54, 1.807) is 19.2 Å². The molecule has 3 nitrogen and oxygen atoms in total. The van der Waals surface area contributed by atoms with E-state index in [9.17, 15) is 13.6 Å². The molecule has 0 saturated carbocycles. The Morgan fingerprint density at radius 2 is 2.30 bits per heavy atom. The zero-order valence-electron chi connectivity index (χ0n) is 10.7. The topological polar surface area (TPSA) is 25.2 Å². The zero-order valence-corrected chi connectivity index (χ0v) is 13.1. The van der Waals surface area contributed by atoms with Gasteiger partial charge >= 0.3 is 0 Å². The molecule has 0 bridgehead atoms. The minimum absolute atomic E-state index is 0.264. The standard InChI is InChI=1S/C13H13BrF2N2OS/c1-17(6-10-5-9(14)8-20-10)13(19)11-3-2-4-18(11)7-12(15)16/h2-5,8,12H,6-7H2,1H3. The monoisotopic (exact) mass is 362 g/mol. The van der Waals surface area contributed by atoms with Gasteiger partial charge in [0.15, 0.2) is 0 Å². The van der Waals surface area contributed by atoms with Gasteiger partial charge in [0, 0.05) is 28.0 Å². The normalized spacial score (nSPS) is 11.1. The number of amides is 1. The lowest BCUT2D eigenvalue weighted by Gasteiger charge is -2.17. The van der Waals surface area contributed by atoms with Gasteiger partial charge in [0.1, 0.15) is 5.69 Å². The molecule has 7 heteroatoms. The van der Waals surface area contributed by atoms with Gasteiger partial charge in [-0.15, -0.1) is 11.3 Å². The van der Waals surface area contributed by atoms with Crippen molar-refractivity contribution in [2.24, 2.45) is 0 Å². The summed E-state index contributed by atoms with van der Waals surface area (Å²) in [6.07, 6.45) is -0.984. The van der Waals surface area contributed by atoms with E-state index in [2.05, 4.69) is 15.9 Å². The fourth-order valence-electron chi connectivity index (χ4n) is 1.85. The number of alkyl halides is 2. The Morgan fingerprint density at radius 3 is 2.90 bits per heavy atom. The third-order valence-corrected chi connectivity index (χ3v) is 4.43. The first kappa shape index (κ1) is 15.2. The molecule has 0 spiro atoms. The summed E-state index contributed by atoms with van der Waals surface area (Å²) < 4.78 is 27.1. The van der Waals surface area contributed by atoms with Gasteiger partial charge in [0.25, 0.3) is 12.3 Å². The van der Waals surface area contributed by atoms with E-state index >= 15 is 0 Å². The van der Waals surface area contributed by atoms with Gasteiger partial charge in [-0.1, -0.05) is 0 Å². The summed E-state index contributed by atoms with van der Waals surface area (Å²) in [6.45, 7) is -0.0125. The van der Waals surface area contributed by atoms with Gasteiger partial charge in [0.2, 0.25) is 0 Å². The maximum Gasteiger partial charge on any atom is 0.270 e. The fraction of sp³-hybridized carbons (Fsp3) is 0.308. The molecule has 0 radical (unpaired) electrons. The minimum Gasteiger partial charge on any atom is -0.338 e. The average molecular weight is 363 g/mol. The molecule has 0 unspecified atom stereocenters. The number of rotatable bonds is 5. The van der Waals surface area contributed by atoms with Crippen molar-refractivity contribution >= 4 is 33.2 Å². The van der Waals surface area contributed by atoms with Crippen molar-refractivity contribution in [1.82, 2.24) is 9.47 Å². The number of nitrogens with zero attached hydrogens (tertiary/aromatic N) is 2. The van der Waals surface area contributed by atoms with Crippen LogP contribution in [0.2, 0.25) is 0 Å². The van der Waals surface area contributed by atoms with E-state index in [1.807, 2.05) is 11.4 Å². The second-order valence-electron chi connectivity index (χ2n) is 4.33. The summed E-state index contributed by atoms with van der Waals surface area (Å²) in [6, 6.07) is 5.10. The first-order chi connectivity index (χ1) is 9.47. The molecule has 20 heavy (non-hydrogen) atoms. The van der Waals surface area contributed by atoms with Crippen molar-refractivity contribution in [2.75, 3.05) is 7.05 Å². The number of hydrogen-bond donors (Lipinski definition) is 0. The van der Waals surface area contributed by atoms with Crippen molar-refractivity contribution < 1.29 is 13.6 Å². The molecule has 0 aliphatic heterocycles. The summed E-state index contributed by atoms with van der Waals surface area (Å²) >= 11 is 4.90. The van der Waals surface area contributed by atoms with E-state index in [1.165, 1.54) is 27.0 Å². The van der Waals surface area contributed by atoms with Crippen LogP contribution in [0.1, 0.15) is 15.4 Å². The van der Waals surface area contributed by atoms with Crippen LogP contribution in [0.3, 0.4) is 0 Å². The van der Waals surface area contributed by atoms with Crippen LogP contribution >= 0.6 is 27.3 Å². The highest BCUT2D eigenvalue weighted by atomic mass is 79.9. The van der Waals surface area contributed by atoms with E-state index in [0.717, 1.165) is 9.35 Å². The average Bonchev–Trinajstić information content (AvgIpc) is 2.97. The molecular weight excluding hydrogens is 350 g/mol. The molecule has 0 aliphatic rings. The molecule has 108 valence electrons.